The first-order valence-corrected chi connectivity index (χ1v) is 29.3. The maximum Gasteiger partial charge on any atom is 0.306 e. The van der Waals surface area contributed by atoms with E-state index in [0.29, 0.717) is 19.3 Å². The van der Waals surface area contributed by atoms with E-state index in [1.54, 1.807) is 0 Å². The van der Waals surface area contributed by atoms with E-state index in [2.05, 4.69) is 81.5 Å². The molecule has 0 saturated carbocycles. The second kappa shape index (κ2) is 56.7. The third-order valence-corrected chi connectivity index (χ3v) is 12.7. The molecule has 0 bridgehead atoms. The SMILES string of the molecule is CCCCC/C=C/C/C=C/C/C=C/C/C=C/CCCC(=O)O[C@@H](COC(=O)CCCCCCCCCCC/C=C/CCCCCCCC)COC(=O)CCCCCCCCCCCCCCCC. The summed E-state index contributed by atoms with van der Waals surface area (Å²) in [7, 11) is 0. The Morgan fingerprint density at radius 1 is 0.294 bits per heavy atom. The zero-order chi connectivity index (χ0) is 49.3. The second-order valence-electron chi connectivity index (χ2n) is 19.6. The third kappa shape index (κ3) is 54.1. The van der Waals surface area contributed by atoms with Gasteiger partial charge in [-0.05, 0) is 83.5 Å². The van der Waals surface area contributed by atoms with Crippen LogP contribution in [0.2, 0.25) is 0 Å². The molecule has 6 heteroatoms. The second-order valence-corrected chi connectivity index (χ2v) is 19.6. The van der Waals surface area contributed by atoms with E-state index in [1.165, 1.54) is 186 Å². The molecular weight excluding hydrogens is 841 g/mol. The van der Waals surface area contributed by atoms with E-state index in [9.17, 15) is 14.4 Å². The highest BCUT2D eigenvalue weighted by atomic mass is 16.6. The van der Waals surface area contributed by atoms with Crippen molar-refractivity contribution in [1.29, 1.82) is 0 Å². The fourth-order valence-corrected chi connectivity index (χ4v) is 8.31. The Balaban J connectivity index is 4.42. The Labute approximate surface area is 421 Å². The summed E-state index contributed by atoms with van der Waals surface area (Å²) >= 11 is 0. The van der Waals surface area contributed by atoms with Crippen LogP contribution in [-0.2, 0) is 28.6 Å². The lowest BCUT2D eigenvalue weighted by atomic mass is 10.0. The largest absolute Gasteiger partial charge is 0.462 e. The van der Waals surface area contributed by atoms with E-state index in [-0.39, 0.29) is 37.5 Å². The standard InChI is InChI=1S/C62H110O6/c1-4-7-10-13-16-19-22-25-28-30-31-33-34-37-40-43-46-49-52-55-61(64)67-58-59(57-66-60(63)54-51-48-45-42-39-36-27-24-21-18-15-12-9-6-3)68-62(65)56-53-50-47-44-41-38-35-32-29-26-23-20-17-14-11-8-5-2/h17,20,25-26,28-29,35,38,44,47,59H,4-16,18-19,21-24,27,30-34,36-37,39-43,45-46,48-58H2,1-3H3/b20-17+,28-25+,29-26+,38-35+,47-44+/t59-/m1/s1. The first-order chi connectivity index (χ1) is 33.5. The number of carbonyl (C=O) groups is 3. The van der Waals surface area contributed by atoms with Crippen LogP contribution in [0, 0.1) is 0 Å². The van der Waals surface area contributed by atoms with Crippen LogP contribution < -0.4 is 0 Å². The molecule has 0 saturated heterocycles. The first kappa shape index (κ1) is 65.1. The van der Waals surface area contributed by atoms with E-state index in [1.807, 2.05) is 0 Å². The normalized spacial score (nSPS) is 12.5. The predicted octanol–water partition coefficient (Wildman–Crippen LogP) is 19.6. The fraction of sp³-hybridized carbons (Fsp3) is 0.790. The van der Waals surface area contributed by atoms with Crippen molar-refractivity contribution in [2.75, 3.05) is 13.2 Å². The Morgan fingerprint density at radius 3 is 0.912 bits per heavy atom. The average Bonchev–Trinajstić information content (AvgIpc) is 3.34. The Kier molecular flexibility index (Phi) is 54.3. The predicted molar refractivity (Wildman–Crippen MR) is 293 cm³/mol. The maximum atomic E-state index is 12.8. The van der Waals surface area contributed by atoms with Crippen molar-refractivity contribution in [2.45, 2.75) is 303 Å². The number of esters is 3. The molecular formula is C62H110O6. The Hall–Kier alpha value is -2.89. The molecule has 0 unspecified atom stereocenters. The molecule has 0 radical (unpaired) electrons. The van der Waals surface area contributed by atoms with Crippen molar-refractivity contribution < 1.29 is 28.6 Å². The molecule has 0 aromatic rings. The minimum Gasteiger partial charge on any atom is -0.462 e. The van der Waals surface area contributed by atoms with Gasteiger partial charge in [-0.1, -0.05) is 255 Å². The highest BCUT2D eigenvalue weighted by Crippen LogP contribution is 2.16. The first-order valence-electron chi connectivity index (χ1n) is 29.3. The van der Waals surface area contributed by atoms with Gasteiger partial charge in [0.05, 0.1) is 0 Å². The smallest absolute Gasteiger partial charge is 0.306 e. The van der Waals surface area contributed by atoms with Crippen molar-refractivity contribution in [3.63, 3.8) is 0 Å². The summed E-state index contributed by atoms with van der Waals surface area (Å²) in [5.74, 6) is -0.940. The highest BCUT2D eigenvalue weighted by molar-refractivity contribution is 5.71. The van der Waals surface area contributed by atoms with E-state index in [4.69, 9.17) is 14.2 Å². The molecule has 394 valence electrons. The van der Waals surface area contributed by atoms with Gasteiger partial charge in [-0.3, -0.25) is 14.4 Å². The van der Waals surface area contributed by atoms with Gasteiger partial charge in [0.25, 0.3) is 0 Å². The molecule has 0 fully saturated rings. The molecule has 0 amide bonds. The highest BCUT2D eigenvalue weighted by Gasteiger charge is 2.19. The van der Waals surface area contributed by atoms with Crippen LogP contribution in [0.1, 0.15) is 297 Å². The summed E-state index contributed by atoms with van der Waals surface area (Å²) in [5, 5.41) is 0. The summed E-state index contributed by atoms with van der Waals surface area (Å²) in [6, 6.07) is 0. The molecule has 0 N–H and O–H groups in total. The summed E-state index contributed by atoms with van der Waals surface area (Å²) in [6.07, 6.45) is 70.7. The topological polar surface area (TPSA) is 78.9 Å². The van der Waals surface area contributed by atoms with Crippen LogP contribution in [0.4, 0.5) is 0 Å². The van der Waals surface area contributed by atoms with Crippen molar-refractivity contribution in [3.05, 3.63) is 60.8 Å². The lowest BCUT2D eigenvalue weighted by Crippen LogP contribution is -2.30. The number of hydrogen-bond acceptors (Lipinski definition) is 6. The van der Waals surface area contributed by atoms with Crippen LogP contribution >= 0.6 is 0 Å². The lowest BCUT2D eigenvalue weighted by molar-refractivity contribution is -0.167. The summed E-state index contributed by atoms with van der Waals surface area (Å²) in [6.45, 7) is 6.59. The zero-order valence-electron chi connectivity index (χ0n) is 45.1. The molecule has 0 aromatic heterocycles. The van der Waals surface area contributed by atoms with Crippen molar-refractivity contribution in [1.82, 2.24) is 0 Å². The minimum atomic E-state index is -0.801. The number of unbranched alkanes of at least 4 members (excludes halogenated alkanes) is 32. The molecule has 0 aliphatic heterocycles. The maximum absolute atomic E-state index is 12.8. The van der Waals surface area contributed by atoms with Crippen molar-refractivity contribution >= 4 is 17.9 Å². The van der Waals surface area contributed by atoms with Crippen LogP contribution in [0.3, 0.4) is 0 Å². The van der Waals surface area contributed by atoms with Gasteiger partial charge in [-0.15, -0.1) is 0 Å². The van der Waals surface area contributed by atoms with Gasteiger partial charge in [0.15, 0.2) is 6.10 Å². The zero-order valence-corrected chi connectivity index (χ0v) is 45.1. The summed E-state index contributed by atoms with van der Waals surface area (Å²) in [5.41, 5.74) is 0. The van der Waals surface area contributed by atoms with Gasteiger partial charge in [0.2, 0.25) is 0 Å². The van der Waals surface area contributed by atoms with Gasteiger partial charge in [0.1, 0.15) is 13.2 Å². The molecule has 0 aromatic carbocycles. The number of ether oxygens (including phenoxy) is 3. The molecule has 0 heterocycles. The van der Waals surface area contributed by atoms with Gasteiger partial charge in [0, 0.05) is 19.3 Å². The van der Waals surface area contributed by atoms with E-state index >= 15 is 0 Å². The van der Waals surface area contributed by atoms with Gasteiger partial charge < -0.3 is 14.2 Å². The molecule has 6 nitrogen and oxygen atoms in total. The average molecular weight is 952 g/mol. The summed E-state index contributed by atoms with van der Waals surface area (Å²) in [4.78, 5) is 38.1. The molecule has 0 aliphatic carbocycles. The van der Waals surface area contributed by atoms with Crippen LogP contribution in [-0.4, -0.2) is 37.2 Å². The Morgan fingerprint density at radius 2 is 0.544 bits per heavy atom. The molecule has 68 heavy (non-hydrogen) atoms. The Bertz CT molecular complexity index is 1230. The van der Waals surface area contributed by atoms with Crippen molar-refractivity contribution in [3.8, 4) is 0 Å². The van der Waals surface area contributed by atoms with Gasteiger partial charge in [-0.2, -0.15) is 0 Å². The van der Waals surface area contributed by atoms with E-state index < -0.39 is 6.10 Å². The molecule has 0 rings (SSSR count). The molecule has 1 atom stereocenters. The number of hydrogen-bond donors (Lipinski definition) is 0. The monoisotopic (exact) mass is 951 g/mol. The van der Waals surface area contributed by atoms with Gasteiger partial charge in [-0.25, -0.2) is 0 Å². The van der Waals surface area contributed by atoms with Crippen LogP contribution in [0.15, 0.2) is 60.8 Å². The number of allylic oxidation sites excluding steroid dienone is 10. The number of rotatable bonds is 53. The fourth-order valence-electron chi connectivity index (χ4n) is 8.31. The molecule has 0 spiro atoms. The number of carbonyl (C=O) groups excluding carboxylic acids is 3. The van der Waals surface area contributed by atoms with Crippen molar-refractivity contribution in [2.24, 2.45) is 0 Å². The minimum absolute atomic E-state index is 0.0937. The van der Waals surface area contributed by atoms with Crippen LogP contribution in [0.5, 0.6) is 0 Å². The van der Waals surface area contributed by atoms with E-state index in [0.717, 1.165) is 64.2 Å². The third-order valence-electron chi connectivity index (χ3n) is 12.7. The summed E-state index contributed by atoms with van der Waals surface area (Å²) < 4.78 is 16.8. The lowest BCUT2D eigenvalue weighted by Gasteiger charge is -2.18. The quantitative estimate of drug-likeness (QED) is 0.0262. The van der Waals surface area contributed by atoms with Gasteiger partial charge >= 0.3 is 17.9 Å². The molecule has 0 aliphatic rings. The van der Waals surface area contributed by atoms with Crippen LogP contribution in [0.25, 0.3) is 0 Å².